The maximum Gasteiger partial charge on any atom is 0.350 e. The molecule has 0 unspecified atom stereocenters. The Balaban J connectivity index is 1.03. The van der Waals surface area contributed by atoms with Crippen molar-refractivity contribution in [3.05, 3.63) is 119 Å². The normalized spacial score (nSPS) is 18.4. The largest absolute Gasteiger partial charge is 0.391 e. The number of benzene rings is 3. The minimum absolute atomic E-state index is 0.000950. The molecule has 1 aliphatic rings. The van der Waals surface area contributed by atoms with E-state index in [4.69, 9.17) is 4.74 Å². The standard InChI is InChI=1S/C37H42F2N8O4/c1-3-34(25(2)49)47-37(50)45(23-43-47)31-13-9-29(10-14-31)40-18-19-44(24-48)30-11-5-26(6-12-30)4-7-27-22-51-35(21-46-41-16-17-42-46)36(27)32-15-8-28(38)20-33(32)39/h5-6,8-17,20,23-25,27,34-36,40,49H,3-4,7,18-19,21-22H2,1-2H3/t25-,27+,34-,35+,36+/m0/s1. The summed E-state index contributed by atoms with van der Waals surface area (Å²) in [6, 6.07) is 18.4. The van der Waals surface area contributed by atoms with Gasteiger partial charge in [0.15, 0.2) is 0 Å². The molecular weight excluding hydrogens is 658 g/mol. The van der Waals surface area contributed by atoms with Crippen molar-refractivity contribution >= 4 is 17.8 Å². The summed E-state index contributed by atoms with van der Waals surface area (Å²) < 4.78 is 37.6. The van der Waals surface area contributed by atoms with E-state index in [1.807, 2.05) is 55.5 Å². The number of aliphatic hydroxyl groups excluding tert-OH is 1. The Morgan fingerprint density at radius 3 is 2.47 bits per heavy atom. The van der Waals surface area contributed by atoms with Crippen molar-refractivity contribution in [2.45, 2.75) is 63.8 Å². The summed E-state index contributed by atoms with van der Waals surface area (Å²) in [6.45, 7) is 5.25. The Hall–Kier alpha value is -5.21. The molecule has 1 saturated heterocycles. The molecule has 2 aromatic heterocycles. The van der Waals surface area contributed by atoms with Gasteiger partial charge in [-0.15, -0.1) is 0 Å². The number of hydrogen-bond acceptors (Lipinski definition) is 8. The Morgan fingerprint density at radius 2 is 1.80 bits per heavy atom. The number of rotatable bonds is 16. The molecule has 12 nitrogen and oxygen atoms in total. The minimum Gasteiger partial charge on any atom is -0.391 e. The van der Waals surface area contributed by atoms with Gasteiger partial charge in [0.1, 0.15) is 18.0 Å². The van der Waals surface area contributed by atoms with Gasteiger partial charge < -0.3 is 20.1 Å². The molecule has 6 rings (SSSR count). The summed E-state index contributed by atoms with van der Waals surface area (Å²) in [6.07, 6.45) is 6.37. The van der Waals surface area contributed by atoms with E-state index in [2.05, 4.69) is 20.6 Å². The molecule has 14 heteroatoms. The van der Waals surface area contributed by atoms with Gasteiger partial charge in [0.05, 0.1) is 49.5 Å². The van der Waals surface area contributed by atoms with Crippen molar-refractivity contribution in [2.24, 2.45) is 5.92 Å². The number of hydrogen-bond donors (Lipinski definition) is 2. The number of aliphatic hydroxyl groups is 1. The molecule has 0 aliphatic carbocycles. The third kappa shape index (κ3) is 8.24. The lowest BCUT2D eigenvalue weighted by Gasteiger charge is -2.24. The van der Waals surface area contributed by atoms with E-state index in [1.54, 1.807) is 24.2 Å². The molecule has 51 heavy (non-hydrogen) atoms. The van der Waals surface area contributed by atoms with Crippen molar-refractivity contribution in [3.8, 4) is 5.69 Å². The van der Waals surface area contributed by atoms with Crippen molar-refractivity contribution in [3.63, 3.8) is 0 Å². The van der Waals surface area contributed by atoms with Gasteiger partial charge in [-0.05, 0) is 85.7 Å². The lowest BCUT2D eigenvalue weighted by Crippen LogP contribution is -2.32. The predicted octanol–water partition coefficient (Wildman–Crippen LogP) is 4.74. The first-order valence-corrected chi connectivity index (χ1v) is 17.2. The number of nitrogens with zero attached hydrogens (tertiary/aromatic N) is 7. The molecule has 268 valence electrons. The van der Waals surface area contributed by atoms with Gasteiger partial charge in [-0.2, -0.15) is 20.1 Å². The summed E-state index contributed by atoms with van der Waals surface area (Å²) in [5.41, 5.74) is 3.41. The zero-order valence-corrected chi connectivity index (χ0v) is 28.6. The van der Waals surface area contributed by atoms with Crippen LogP contribution in [0.4, 0.5) is 20.2 Å². The molecule has 1 fully saturated rings. The highest BCUT2D eigenvalue weighted by molar-refractivity contribution is 5.75. The average molecular weight is 701 g/mol. The molecule has 1 amide bonds. The lowest BCUT2D eigenvalue weighted by molar-refractivity contribution is -0.107. The molecule has 0 saturated carbocycles. The van der Waals surface area contributed by atoms with E-state index in [0.717, 1.165) is 35.8 Å². The lowest BCUT2D eigenvalue weighted by atomic mass is 9.81. The maximum absolute atomic E-state index is 15.0. The van der Waals surface area contributed by atoms with Crippen LogP contribution >= 0.6 is 0 Å². The molecular formula is C37H42F2N8O4. The number of carbonyl (C=O) groups excluding carboxylic acids is 1. The van der Waals surface area contributed by atoms with Crippen molar-refractivity contribution in [1.82, 2.24) is 29.3 Å². The zero-order chi connectivity index (χ0) is 35.9. The molecule has 5 aromatic rings. The fourth-order valence-electron chi connectivity index (χ4n) is 6.86. The summed E-state index contributed by atoms with van der Waals surface area (Å²) in [5, 5.41) is 25.9. The minimum atomic E-state index is -0.703. The fraction of sp³-hybridized carbons (Fsp3) is 0.378. The molecule has 3 aromatic carbocycles. The number of halogens is 2. The Kier molecular flexibility index (Phi) is 11.3. The number of ether oxygens (including phenoxy) is 1. The second-order valence-electron chi connectivity index (χ2n) is 12.8. The second-order valence-corrected chi connectivity index (χ2v) is 12.8. The second kappa shape index (κ2) is 16.2. The summed E-state index contributed by atoms with van der Waals surface area (Å²) in [4.78, 5) is 28.1. The van der Waals surface area contributed by atoms with E-state index < -0.39 is 23.8 Å². The smallest absolute Gasteiger partial charge is 0.350 e. The van der Waals surface area contributed by atoms with Crippen LogP contribution in [0.5, 0.6) is 0 Å². The number of amides is 1. The zero-order valence-electron chi connectivity index (χ0n) is 28.6. The van der Waals surface area contributed by atoms with Crippen molar-refractivity contribution < 1.29 is 23.4 Å². The maximum atomic E-state index is 15.0. The van der Waals surface area contributed by atoms with Crippen LogP contribution in [0.15, 0.2) is 90.2 Å². The van der Waals surface area contributed by atoms with Crippen LogP contribution in [0.3, 0.4) is 0 Å². The van der Waals surface area contributed by atoms with Crippen LogP contribution in [0, 0.1) is 17.6 Å². The molecule has 0 spiro atoms. The van der Waals surface area contributed by atoms with E-state index >= 15 is 0 Å². The van der Waals surface area contributed by atoms with Gasteiger partial charge in [-0.1, -0.05) is 25.1 Å². The summed E-state index contributed by atoms with van der Waals surface area (Å²) >= 11 is 0. The molecule has 0 radical (unpaired) electrons. The number of anilines is 2. The average Bonchev–Trinajstić information content (AvgIpc) is 3.88. The van der Waals surface area contributed by atoms with Crippen LogP contribution in [-0.4, -0.2) is 72.8 Å². The van der Waals surface area contributed by atoms with Crippen LogP contribution in [0.1, 0.15) is 49.8 Å². The van der Waals surface area contributed by atoms with Gasteiger partial charge in [-0.25, -0.2) is 22.8 Å². The quantitative estimate of drug-likeness (QED) is 0.141. The van der Waals surface area contributed by atoms with Crippen molar-refractivity contribution in [2.75, 3.05) is 29.9 Å². The highest BCUT2D eigenvalue weighted by Crippen LogP contribution is 2.40. The van der Waals surface area contributed by atoms with Crippen LogP contribution < -0.4 is 15.9 Å². The van der Waals surface area contributed by atoms with Gasteiger partial charge in [0.2, 0.25) is 6.41 Å². The van der Waals surface area contributed by atoms with Gasteiger partial charge in [0, 0.05) is 36.4 Å². The Bertz CT molecular complexity index is 1930. The topological polar surface area (TPSA) is 132 Å². The third-order valence-electron chi connectivity index (χ3n) is 9.57. The Morgan fingerprint density at radius 1 is 1.06 bits per heavy atom. The van der Waals surface area contributed by atoms with Gasteiger partial charge in [0.25, 0.3) is 0 Å². The fourth-order valence-corrected chi connectivity index (χ4v) is 6.86. The van der Waals surface area contributed by atoms with E-state index in [1.165, 1.54) is 32.5 Å². The first-order chi connectivity index (χ1) is 24.7. The first-order valence-electron chi connectivity index (χ1n) is 17.2. The first kappa shape index (κ1) is 35.6. The van der Waals surface area contributed by atoms with Crippen LogP contribution in [0.2, 0.25) is 0 Å². The Labute approximate surface area is 294 Å². The SMILES string of the molecule is CC[C@@H]([C@H](C)O)n1ncn(-c2ccc(NCCN(C=O)c3ccc(CC[C@@H]4CO[C@H](Cn5nccn5)[C@H]4c4ccc(F)cc4F)cc3)cc2)c1=O. The van der Waals surface area contributed by atoms with Gasteiger partial charge >= 0.3 is 5.69 Å². The molecule has 2 N–H and O–H groups in total. The van der Waals surface area contributed by atoms with Crippen LogP contribution in [0.25, 0.3) is 5.69 Å². The molecule has 5 atom stereocenters. The molecule has 0 bridgehead atoms. The number of nitrogens with one attached hydrogen (secondary N) is 1. The number of aromatic nitrogens is 6. The molecule has 1 aliphatic heterocycles. The van der Waals surface area contributed by atoms with Crippen molar-refractivity contribution in [1.29, 1.82) is 0 Å². The van der Waals surface area contributed by atoms with Gasteiger partial charge in [-0.3, -0.25) is 4.79 Å². The summed E-state index contributed by atoms with van der Waals surface area (Å²) in [7, 11) is 0. The molecule has 3 heterocycles. The van der Waals surface area contributed by atoms with E-state index in [0.29, 0.717) is 50.3 Å². The monoisotopic (exact) mass is 700 g/mol. The predicted molar refractivity (Wildman–Crippen MR) is 188 cm³/mol. The van der Waals surface area contributed by atoms with E-state index in [-0.39, 0.29) is 23.6 Å². The van der Waals surface area contributed by atoms with E-state index in [9.17, 15) is 23.5 Å². The summed E-state index contributed by atoms with van der Waals surface area (Å²) in [5.74, 6) is -1.50. The third-order valence-corrected chi connectivity index (χ3v) is 9.57. The highest BCUT2D eigenvalue weighted by atomic mass is 19.1. The number of carbonyl (C=O) groups is 1. The highest BCUT2D eigenvalue weighted by Gasteiger charge is 2.40. The van der Waals surface area contributed by atoms with Crippen LogP contribution in [-0.2, 0) is 22.5 Å². The number of aryl methyl sites for hydroxylation is 1.